The van der Waals surface area contributed by atoms with E-state index in [1.165, 1.54) is 44.9 Å². The molecular formula is C46H80N2O6P+. The Morgan fingerprint density at radius 1 is 0.636 bits per heavy atom. The number of aliphatic hydroxyl groups is 1. The predicted octanol–water partition coefficient (Wildman–Crippen LogP) is 11.6. The summed E-state index contributed by atoms with van der Waals surface area (Å²) in [5.74, 6) is -0.254. The molecule has 0 aliphatic carbocycles. The standard InChI is InChI=1S/C46H79N2O6P/c1-6-8-10-12-14-16-18-20-22-24-26-28-30-32-34-36-38-40-46(50)47-44(43-54-55(51,52)53-42-41-48(3,4)5)45(49)39-37-35-33-31-29-27-25-23-21-19-17-15-13-11-9-7-2/h8,10,14,16,20-23,26,28-29,31-32,34,37,39,44-45,49H,6-7,9,11-13,15,17-19,24-25,27,30,33,35-36,38,40-43H2,1-5H3,(H-,47,50,51,52)/p+1/b10-8-,16-14-,22-20-,23-21+,28-26-,31-29+,34-32-,39-37+. The van der Waals surface area contributed by atoms with Gasteiger partial charge in [0.25, 0.3) is 0 Å². The molecule has 8 nitrogen and oxygen atoms in total. The quantitative estimate of drug-likeness (QED) is 0.0253. The van der Waals surface area contributed by atoms with Gasteiger partial charge in [0.05, 0.1) is 39.9 Å². The number of unbranched alkanes of at least 4 members (excludes halogenated alkanes) is 9. The maximum absolute atomic E-state index is 12.8. The fourth-order valence-electron chi connectivity index (χ4n) is 5.16. The van der Waals surface area contributed by atoms with E-state index in [2.05, 4.69) is 104 Å². The summed E-state index contributed by atoms with van der Waals surface area (Å²) in [5.41, 5.74) is 0. The number of allylic oxidation sites excluding steroid dienone is 15. The Morgan fingerprint density at radius 2 is 1.11 bits per heavy atom. The first kappa shape index (κ1) is 52.4. The molecule has 3 unspecified atom stereocenters. The third-order valence-electron chi connectivity index (χ3n) is 8.52. The zero-order valence-electron chi connectivity index (χ0n) is 35.4. The Bertz CT molecular complexity index is 1210. The predicted molar refractivity (Wildman–Crippen MR) is 235 cm³/mol. The highest BCUT2D eigenvalue weighted by molar-refractivity contribution is 7.47. The van der Waals surface area contributed by atoms with Gasteiger partial charge in [0.2, 0.25) is 5.91 Å². The molecule has 0 saturated carbocycles. The van der Waals surface area contributed by atoms with Gasteiger partial charge in [-0.3, -0.25) is 13.8 Å². The molecule has 0 aromatic rings. The van der Waals surface area contributed by atoms with Crippen molar-refractivity contribution in [2.75, 3.05) is 40.9 Å². The fraction of sp³-hybridized carbons (Fsp3) is 0.630. The second kappa shape index (κ2) is 37.0. The van der Waals surface area contributed by atoms with Gasteiger partial charge in [-0.25, -0.2) is 4.57 Å². The van der Waals surface area contributed by atoms with Crippen molar-refractivity contribution in [2.45, 2.75) is 148 Å². The van der Waals surface area contributed by atoms with E-state index in [4.69, 9.17) is 9.05 Å². The number of rotatable bonds is 36. The van der Waals surface area contributed by atoms with E-state index in [-0.39, 0.29) is 25.5 Å². The molecule has 0 spiro atoms. The first-order valence-electron chi connectivity index (χ1n) is 21.1. The maximum atomic E-state index is 12.8. The molecule has 9 heteroatoms. The Balaban J connectivity index is 4.68. The molecule has 3 atom stereocenters. The van der Waals surface area contributed by atoms with Gasteiger partial charge >= 0.3 is 7.82 Å². The lowest BCUT2D eigenvalue weighted by molar-refractivity contribution is -0.870. The van der Waals surface area contributed by atoms with Crippen molar-refractivity contribution in [3.05, 3.63) is 97.2 Å². The van der Waals surface area contributed by atoms with Crippen molar-refractivity contribution in [1.29, 1.82) is 0 Å². The summed E-state index contributed by atoms with van der Waals surface area (Å²) in [4.78, 5) is 23.0. The van der Waals surface area contributed by atoms with Gasteiger partial charge in [0, 0.05) is 6.42 Å². The average molecular weight is 788 g/mol. The molecule has 0 aromatic heterocycles. The zero-order chi connectivity index (χ0) is 40.7. The molecule has 0 saturated heterocycles. The molecule has 0 aliphatic heterocycles. The first-order chi connectivity index (χ1) is 26.5. The summed E-state index contributed by atoms with van der Waals surface area (Å²) >= 11 is 0. The van der Waals surface area contributed by atoms with Crippen LogP contribution < -0.4 is 5.32 Å². The van der Waals surface area contributed by atoms with Crippen LogP contribution in [0.4, 0.5) is 0 Å². The number of nitrogens with one attached hydrogen (secondary N) is 1. The highest BCUT2D eigenvalue weighted by atomic mass is 31.2. The topological polar surface area (TPSA) is 105 Å². The molecule has 0 heterocycles. The van der Waals surface area contributed by atoms with Gasteiger partial charge in [-0.2, -0.15) is 0 Å². The van der Waals surface area contributed by atoms with Crippen LogP contribution in [0.3, 0.4) is 0 Å². The fourth-order valence-corrected chi connectivity index (χ4v) is 5.90. The van der Waals surface area contributed by atoms with Crippen LogP contribution in [0, 0.1) is 0 Å². The van der Waals surface area contributed by atoms with E-state index in [9.17, 15) is 19.4 Å². The lowest BCUT2D eigenvalue weighted by atomic mass is 10.1. The second-order valence-electron chi connectivity index (χ2n) is 15.0. The van der Waals surface area contributed by atoms with Gasteiger partial charge < -0.3 is 19.8 Å². The van der Waals surface area contributed by atoms with E-state index in [1.54, 1.807) is 6.08 Å². The normalized spacial score (nSPS) is 15.4. The first-order valence-corrected chi connectivity index (χ1v) is 22.6. The van der Waals surface area contributed by atoms with Gasteiger partial charge in [0.15, 0.2) is 0 Å². The molecule has 0 fully saturated rings. The van der Waals surface area contributed by atoms with Crippen LogP contribution in [0.15, 0.2) is 97.2 Å². The molecule has 0 radical (unpaired) electrons. The lowest BCUT2D eigenvalue weighted by Gasteiger charge is -2.25. The van der Waals surface area contributed by atoms with E-state index < -0.39 is 20.0 Å². The SMILES string of the molecule is CC/C=C\C/C=C\C/C=C\C/C=C\C/C=C\CCCC(=O)NC(COP(=O)(O)OCC[N+](C)(C)C)C(O)/C=C/CC/C=C/CC/C=C/CCCCCCCC. The van der Waals surface area contributed by atoms with Crippen molar-refractivity contribution in [1.82, 2.24) is 5.32 Å². The summed E-state index contributed by atoms with van der Waals surface area (Å²) in [6, 6.07) is -0.904. The molecule has 0 bridgehead atoms. The average Bonchev–Trinajstić information content (AvgIpc) is 3.13. The number of hydrogen-bond donors (Lipinski definition) is 3. The monoisotopic (exact) mass is 788 g/mol. The lowest BCUT2D eigenvalue weighted by Crippen LogP contribution is -2.45. The van der Waals surface area contributed by atoms with Crippen molar-refractivity contribution in [2.24, 2.45) is 0 Å². The second-order valence-corrected chi connectivity index (χ2v) is 16.4. The number of nitrogens with zero attached hydrogens (tertiary/aromatic N) is 1. The van der Waals surface area contributed by atoms with Gasteiger partial charge in [-0.15, -0.1) is 0 Å². The van der Waals surface area contributed by atoms with Crippen LogP contribution in [-0.4, -0.2) is 73.4 Å². The van der Waals surface area contributed by atoms with Crippen molar-refractivity contribution in [3.8, 4) is 0 Å². The molecular weight excluding hydrogens is 707 g/mol. The highest BCUT2D eigenvalue weighted by Gasteiger charge is 2.27. The van der Waals surface area contributed by atoms with Gasteiger partial charge in [-0.05, 0) is 83.5 Å². The smallest absolute Gasteiger partial charge is 0.387 e. The molecule has 314 valence electrons. The largest absolute Gasteiger partial charge is 0.472 e. The van der Waals surface area contributed by atoms with Gasteiger partial charge in [0.1, 0.15) is 13.2 Å². The minimum atomic E-state index is -4.37. The highest BCUT2D eigenvalue weighted by Crippen LogP contribution is 2.43. The maximum Gasteiger partial charge on any atom is 0.472 e. The van der Waals surface area contributed by atoms with E-state index >= 15 is 0 Å². The Labute approximate surface area is 337 Å². The van der Waals surface area contributed by atoms with E-state index in [1.807, 2.05) is 27.2 Å². The van der Waals surface area contributed by atoms with Gasteiger partial charge in [-0.1, -0.05) is 143 Å². The Morgan fingerprint density at radius 3 is 1.67 bits per heavy atom. The van der Waals surface area contributed by atoms with Crippen LogP contribution in [-0.2, 0) is 18.4 Å². The van der Waals surface area contributed by atoms with Crippen LogP contribution in [0.1, 0.15) is 136 Å². The summed E-state index contributed by atoms with van der Waals surface area (Å²) in [6.45, 7) is 4.58. The third kappa shape index (κ3) is 39.5. The summed E-state index contributed by atoms with van der Waals surface area (Å²) in [6.07, 6.45) is 52.0. The number of quaternary nitrogens is 1. The number of likely N-dealkylation sites (N-methyl/N-ethyl adjacent to an activating group) is 1. The van der Waals surface area contributed by atoms with Crippen LogP contribution in [0.5, 0.6) is 0 Å². The Kier molecular flexibility index (Phi) is 35.3. The molecule has 0 aliphatic rings. The van der Waals surface area contributed by atoms with Crippen LogP contribution in [0.25, 0.3) is 0 Å². The number of carbonyl (C=O) groups is 1. The number of aliphatic hydroxyl groups excluding tert-OH is 1. The van der Waals surface area contributed by atoms with Crippen LogP contribution >= 0.6 is 7.82 Å². The number of hydrogen-bond acceptors (Lipinski definition) is 5. The number of amides is 1. The van der Waals surface area contributed by atoms with E-state index in [0.29, 0.717) is 17.4 Å². The molecule has 3 N–H and O–H groups in total. The molecule has 0 rings (SSSR count). The van der Waals surface area contributed by atoms with E-state index in [0.717, 1.165) is 64.2 Å². The summed E-state index contributed by atoms with van der Waals surface area (Å²) < 4.78 is 23.5. The minimum Gasteiger partial charge on any atom is -0.387 e. The molecule has 55 heavy (non-hydrogen) atoms. The summed E-state index contributed by atoms with van der Waals surface area (Å²) in [5, 5.41) is 13.7. The Hall–Kier alpha value is -2.58. The van der Waals surface area contributed by atoms with Crippen LogP contribution in [0.2, 0.25) is 0 Å². The van der Waals surface area contributed by atoms with Crippen molar-refractivity contribution >= 4 is 13.7 Å². The van der Waals surface area contributed by atoms with Crippen molar-refractivity contribution < 1.29 is 32.9 Å². The number of phosphoric acid groups is 1. The summed E-state index contributed by atoms with van der Waals surface area (Å²) in [7, 11) is 1.49. The zero-order valence-corrected chi connectivity index (χ0v) is 36.3. The number of carbonyl (C=O) groups excluding carboxylic acids is 1. The minimum absolute atomic E-state index is 0.0373. The van der Waals surface area contributed by atoms with Crippen molar-refractivity contribution in [3.63, 3.8) is 0 Å². The number of phosphoric ester groups is 1. The molecule has 0 aromatic carbocycles. The molecule has 1 amide bonds. The third-order valence-corrected chi connectivity index (χ3v) is 9.50.